The van der Waals surface area contributed by atoms with Crippen LogP contribution in [0.25, 0.3) is 21.5 Å². The molecule has 0 atom stereocenters. The van der Waals surface area contributed by atoms with Crippen LogP contribution in [0.15, 0.2) is 110 Å². The van der Waals surface area contributed by atoms with E-state index in [1.54, 1.807) is 25.1 Å². The van der Waals surface area contributed by atoms with Crippen molar-refractivity contribution in [3.8, 4) is 11.5 Å². The van der Waals surface area contributed by atoms with Gasteiger partial charge in [0.15, 0.2) is 11.5 Å². The lowest BCUT2D eigenvalue weighted by atomic mass is 9.99. The molecular formula is C40H34ClN9O5S. The number of aromatic nitrogens is 3. The maximum Gasteiger partial charge on any atom is 0.296 e. The Morgan fingerprint density at radius 2 is 1.21 bits per heavy atom. The third-order valence-corrected chi connectivity index (χ3v) is 10.1. The normalized spacial score (nSPS) is 12.0. The maximum atomic E-state index is 12.3. The minimum Gasteiger partial charge on any atom is -0.505 e. The first-order valence-electron chi connectivity index (χ1n) is 17.1. The largest absolute Gasteiger partial charge is 0.505 e. The molecule has 0 aliphatic heterocycles. The summed E-state index contributed by atoms with van der Waals surface area (Å²) < 4.78 is 34.7. The van der Waals surface area contributed by atoms with Crippen LogP contribution in [0.1, 0.15) is 27.8 Å². The van der Waals surface area contributed by atoms with E-state index in [-0.39, 0.29) is 45.7 Å². The van der Waals surface area contributed by atoms with E-state index in [0.717, 1.165) is 33.8 Å². The second-order valence-corrected chi connectivity index (χ2v) is 15.0. The Kier molecular flexibility index (Phi) is 10.1. The first-order valence-corrected chi connectivity index (χ1v) is 18.9. The van der Waals surface area contributed by atoms with E-state index in [2.05, 4.69) is 46.0 Å². The highest BCUT2D eigenvalue weighted by molar-refractivity contribution is 7.86. The monoisotopic (exact) mass is 787 g/mol. The van der Waals surface area contributed by atoms with E-state index in [4.69, 9.17) is 11.6 Å². The number of aryl methyl sites for hydroxylation is 5. The molecule has 16 heteroatoms. The van der Waals surface area contributed by atoms with Crippen molar-refractivity contribution in [2.24, 2.45) is 20.5 Å². The van der Waals surface area contributed by atoms with Crippen LogP contribution in [0.5, 0.6) is 11.5 Å². The number of fused-ring (bicyclic) bond motifs is 2. The van der Waals surface area contributed by atoms with Crippen LogP contribution < -0.4 is 10.6 Å². The minimum absolute atomic E-state index is 0.0409. The Morgan fingerprint density at radius 3 is 1.89 bits per heavy atom. The molecule has 0 amide bonds. The van der Waals surface area contributed by atoms with Crippen molar-refractivity contribution in [2.45, 2.75) is 39.5 Å². The van der Waals surface area contributed by atoms with E-state index >= 15 is 0 Å². The van der Waals surface area contributed by atoms with Crippen molar-refractivity contribution in [2.75, 3.05) is 10.6 Å². The first kappa shape index (κ1) is 37.8. The lowest BCUT2D eigenvalue weighted by Crippen LogP contribution is -2.04. The lowest BCUT2D eigenvalue weighted by molar-refractivity contribution is 0.481. The van der Waals surface area contributed by atoms with Crippen molar-refractivity contribution in [1.82, 2.24) is 15.0 Å². The second-order valence-electron chi connectivity index (χ2n) is 13.2. The molecule has 7 aromatic rings. The highest BCUT2D eigenvalue weighted by atomic mass is 35.5. The zero-order chi connectivity index (χ0) is 39.9. The highest BCUT2D eigenvalue weighted by Crippen LogP contribution is 2.44. The fourth-order valence-electron chi connectivity index (χ4n) is 6.24. The Morgan fingerprint density at radius 1 is 0.607 bits per heavy atom. The summed E-state index contributed by atoms with van der Waals surface area (Å²) in [5.74, 6) is 0.0400. The predicted molar refractivity (Wildman–Crippen MR) is 217 cm³/mol. The van der Waals surface area contributed by atoms with Gasteiger partial charge in [0.2, 0.25) is 17.2 Å². The van der Waals surface area contributed by atoms with Crippen molar-refractivity contribution in [3.63, 3.8) is 0 Å². The van der Waals surface area contributed by atoms with E-state index in [1.807, 2.05) is 76.2 Å². The number of nitrogens with zero attached hydrogens (tertiary/aromatic N) is 7. The molecule has 282 valence electrons. The van der Waals surface area contributed by atoms with Gasteiger partial charge in [0.05, 0.1) is 5.69 Å². The van der Waals surface area contributed by atoms with Gasteiger partial charge in [-0.25, -0.2) is 0 Å². The molecule has 0 radical (unpaired) electrons. The van der Waals surface area contributed by atoms with E-state index < -0.39 is 15.0 Å². The highest BCUT2D eigenvalue weighted by Gasteiger charge is 2.19. The SMILES string of the molecule is Cc1cccc(Nc2nc(Cl)nc(Nc3ccc(S(=O)(=O)O)c(N=Nc4c(C)cc5c(C)c(N=Nc6c(C)cc7cc(C)ccc7c6O)ccc5c4O)c3)n2)c1. The van der Waals surface area contributed by atoms with Gasteiger partial charge < -0.3 is 20.8 Å². The number of halogens is 1. The van der Waals surface area contributed by atoms with E-state index in [9.17, 15) is 23.2 Å². The third-order valence-electron chi connectivity index (χ3n) is 9.02. The first-order chi connectivity index (χ1) is 26.6. The van der Waals surface area contributed by atoms with Gasteiger partial charge in [0.25, 0.3) is 10.1 Å². The molecular weight excluding hydrogens is 754 g/mol. The molecule has 0 aliphatic carbocycles. The summed E-state index contributed by atoms with van der Waals surface area (Å²) in [6.07, 6.45) is 0. The van der Waals surface area contributed by atoms with E-state index in [0.29, 0.717) is 38.7 Å². The third kappa shape index (κ3) is 7.82. The average Bonchev–Trinajstić information content (AvgIpc) is 3.11. The van der Waals surface area contributed by atoms with Crippen LogP contribution >= 0.6 is 11.6 Å². The molecule has 1 heterocycles. The fraction of sp³-hybridized carbons (Fsp3) is 0.125. The molecule has 0 unspecified atom stereocenters. The predicted octanol–water partition coefficient (Wildman–Crippen LogP) is 11.3. The summed E-state index contributed by atoms with van der Waals surface area (Å²) in [5.41, 5.74) is 5.84. The van der Waals surface area contributed by atoms with Crippen molar-refractivity contribution >= 4 is 89.3 Å². The summed E-state index contributed by atoms with van der Waals surface area (Å²) in [4.78, 5) is 12.1. The Bertz CT molecular complexity index is 2900. The number of azo groups is 2. The van der Waals surface area contributed by atoms with Gasteiger partial charge in [-0.05, 0) is 134 Å². The van der Waals surface area contributed by atoms with Gasteiger partial charge in [-0.3, -0.25) is 4.55 Å². The zero-order valence-corrected chi connectivity index (χ0v) is 32.2. The summed E-state index contributed by atoms with van der Waals surface area (Å²) in [7, 11) is -4.74. The Balaban J connectivity index is 1.19. The molecule has 1 aromatic heterocycles. The number of benzene rings is 6. The van der Waals surface area contributed by atoms with Crippen LogP contribution in [-0.2, 0) is 10.1 Å². The Labute approximate surface area is 326 Å². The molecule has 0 aliphatic rings. The maximum absolute atomic E-state index is 12.3. The molecule has 0 saturated carbocycles. The fourth-order valence-corrected chi connectivity index (χ4v) is 7.01. The van der Waals surface area contributed by atoms with Crippen molar-refractivity contribution in [3.05, 3.63) is 118 Å². The molecule has 0 fully saturated rings. The Hall–Kier alpha value is -6.55. The van der Waals surface area contributed by atoms with Crippen molar-refractivity contribution < 1.29 is 23.2 Å². The molecule has 5 N–H and O–H groups in total. The van der Waals surface area contributed by atoms with Gasteiger partial charge >= 0.3 is 0 Å². The number of anilines is 4. The number of aromatic hydroxyl groups is 2. The zero-order valence-electron chi connectivity index (χ0n) is 30.7. The molecule has 0 spiro atoms. The van der Waals surface area contributed by atoms with Gasteiger partial charge in [-0.1, -0.05) is 35.9 Å². The van der Waals surface area contributed by atoms with Gasteiger partial charge in [-0.15, -0.1) is 15.3 Å². The van der Waals surface area contributed by atoms with Gasteiger partial charge in [0.1, 0.15) is 22.0 Å². The van der Waals surface area contributed by atoms with Gasteiger partial charge in [0, 0.05) is 22.1 Å². The quantitative estimate of drug-likeness (QED) is 0.0690. The molecule has 0 bridgehead atoms. The van der Waals surface area contributed by atoms with Crippen LogP contribution in [0, 0.1) is 34.6 Å². The van der Waals surface area contributed by atoms with Crippen LogP contribution in [-0.4, -0.2) is 38.1 Å². The van der Waals surface area contributed by atoms with Crippen LogP contribution in [0.2, 0.25) is 5.28 Å². The van der Waals surface area contributed by atoms with Crippen molar-refractivity contribution in [1.29, 1.82) is 0 Å². The molecule has 0 saturated heterocycles. The van der Waals surface area contributed by atoms with Crippen LogP contribution in [0.3, 0.4) is 0 Å². The number of phenols is 2. The average molecular weight is 788 g/mol. The van der Waals surface area contributed by atoms with Crippen LogP contribution in [0.4, 0.5) is 46.0 Å². The van der Waals surface area contributed by atoms with E-state index in [1.165, 1.54) is 12.1 Å². The molecule has 56 heavy (non-hydrogen) atoms. The number of phenolic OH excluding ortho intramolecular Hbond substituents is 2. The summed E-state index contributed by atoms with van der Waals surface area (Å²) in [6, 6.07) is 24.3. The standard InChI is InChI=1S/C40H34ClN9O5S/c1-20-7-6-8-26(16-20)42-39-44-38(41)45-40(46-39)43-27-10-14-33(56(53,54)55)32(19-27)48-50-35-23(4)18-30-24(5)31(13-12-29(30)37(35)52)47-49-34-22(3)17-25-15-21(2)9-11-28(25)36(34)51/h6-19,51-52H,1-5H3,(H,53,54,55)(H2,42,43,44,45,46). The molecule has 14 nitrogen and oxygen atoms in total. The summed E-state index contributed by atoms with van der Waals surface area (Å²) >= 11 is 6.18. The number of hydrogen-bond donors (Lipinski definition) is 5. The lowest BCUT2D eigenvalue weighted by Gasteiger charge is -2.12. The second kappa shape index (κ2) is 14.9. The number of nitrogens with one attached hydrogen (secondary N) is 2. The minimum atomic E-state index is -4.74. The summed E-state index contributed by atoms with van der Waals surface area (Å²) in [5, 5.41) is 48.3. The van der Waals surface area contributed by atoms with Gasteiger partial charge in [-0.2, -0.15) is 28.5 Å². The number of hydrogen-bond acceptors (Lipinski definition) is 13. The smallest absolute Gasteiger partial charge is 0.296 e. The topological polar surface area (TPSA) is 207 Å². The molecule has 6 aromatic carbocycles. The summed E-state index contributed by atoms with van der Waals surface area (Å²) in [6.45, 7) is 9.35. The number of rotatable bonds is 9. The molecule has 7 rings (SSSR count).